The number of amides is 2. The van der Waals surface area contributed by atoms with Gasteiger partial charge in [0.05, 0.1) is 42.2 Å². The Balaban J connectivity index is 1.53. The highest BCUT2D eigenvalue weighted by atomic mass is 32.2. The maximum atomic E-state index is 12.8. The van der Waals surface area contributed by atoms with Crippen molar-refractivity contribution in [2.24, 2.45) is 0 Å². The summed E-state index contributed by atoms with van der Waals surface area (Å²) in [5.74, 6) is -0.0926. The molecule has 0 radical (unpaired) electrons. The van der Waals surface area contributed by atoms with Gasteiger partial charge in [0.2, 0.25) is 5.76 Å². The molecule has 0 aliphatic carbocycles. The fourth-order valence-corrected chi connectivity index (χ4v) is 3.99. The van der Waals surface area contributed by atoms with Gasteiger partial charge in [-0.15, -0.1) is 0 Å². The number of nitro benzene ring substituents is 1. The molecule has 0 unspecified atom stereocenters. The molecule has 11 nitrogen and oxygen atoms in total. The lowest BCUT2D eigenvalue weighted by Crippen LogP contribution is -2.27. The van der Waals surface area contributed by atoms with Crippen LogP contribution in [0.2, 0.25) is 0 Å². The first-order chi connectivity index (χ1) is 16.3. The van der Waals surface area contributed by atoms with E-state index in [0.29, 0.717) is 17.1 Å². The number of furan rings is 2. The summed E-state index contributed by atoms with van der Waals surface area (Å²) in [7, 11) is 2.60. The zero-order valence-corrected chi connectivity index (χ0v) is 18.6. The van der Waals surface area contributed by atoms with Crippen molar-refractivity contribution in [2.45, 2.75) is 6.54 Å². The van der Waals surface area contributed by atoms with Gasteiger partial charge in [0.1, 0.15) is 23.0 Å². The lowest BCUT2D eigenvalue weighted by atomic mass is 10.1. The molecule has 0 N–H and O–H groups in total. The standard InChI is InChI=1S/C22H16N2O9S/c1-30-18-9-12(24(28)29)3-6-15(18)16-7-4-13(32-16)10-19-20(25)23(22(27)34-19)11-14-5-8-17(33-14)21(26)31-2/h3-10H,11H2,1-2H3/b19-10+. The van der Waals surface area contributed by atoms with Gasteiger partial charge in [-0.05, 0) is 42.1 Å². The van der Waals surface area contributed by atoms with Gasteiger partial charge >= 0.3 is 5.97 Å². The minimum absolute atomic E-state index is 0.0372. The number of hydrogen-bond acceptors (Lipinski definition) is 10. The molecule has 1 saturated heterocycles. The first-order valence-corrected chi connectivity index (χ1v) is 10.5. The monoisotopic (exact) mass is 484 g/mol. The van der Waals surface area contributed by atoms with Gasteiger partial charge in [-0.2, -0.15) is 0 Å². The Kier molecular flexibility index (Phi) is 6.23. The molecule has 3 heterocycles. The van der Waals surface area contributed by atoms with Crippen LogP contribution in [0.1, 0.15) is 22.1 Å². The Bertz CT molecular complexity index is 1340. The van der Waals surface area contributed by atoms with E-state index in [1.54, 1.807) is 12.1 Å². The van der Waals surface area contributed by atoms with Crippen molar-refractivity contribution in [3.8, 4) is 17.1 Å². The summed E-state index contributed by atoms with van der Waals surface area (Å²) in [5, 5.41) is 10.5. The van der Waals surface area contributed by atoms with Crippen molar-refractivity contribution >= 4 is 40.6 Å². The lowest BCUT2D eigenvalue weighted by Gasteiger charge is -2.09. The molecular formula is C22H16N2O9S. The summed E-state index contributed by atoms with van der Waals surface area (Å²) >= 11 is 0.737. The van der Waals surface area contributed by atoms with Crippen LogP contribution in [0.3, 0.4) is 0 Å². The zero-order valence-electron chi connectivity index (χ0n) is 17.8. The Labute approximate surface area is 196 Å². The number of non-ortho nitro benzene ring substituents is 1. The van der Waals surface area contributed by atoms with Crippen LogP contribution in [0.15, 0.2) is 56.2 Å². The molecule has 1 aliphatic rings. The van der Waals surface area contributed by atoms with E-state index in [1.807, 2.05) is 0 Å². The molecule has 2 aromatic heterocycles. The highest BCUT2D eigenvalue weighted by molar-refractivity contribution is 8.18. The van der Waals surface area contributed by atoms with E-state index < -0.39 is 22.0 Å². The number of carbonyl (C=O) groups excluding carboxylic acids is 3. The Hall–Kier alpha value is -4.32. The van der Waals surface area contributed by atoms with Crippen molar-refractivity contribution in [1.82, 2.24) is 4.90 Å². The molecule has 1 aromatic carbocycles. The number of benzene rings is 1. The summed E-state index contributed by atoms with van der Waals surface area (Å²) in [4.78, 5) is 48.2. The normalized spacial score (nSPS) is 14.6. The third-order valence-corrected chi connectivity index (χ3v) is 5.70. The minimum Gasteiger partial charge on any atom is -0.496 e. The first-order valence-electron chi connectivity index (χ1n) is 9.65. The summed E-state index contributed by atoms with van der Waals surface area (Å²) < 4.78 is 20.9. The number of rotatable bonds is 7. The van der Waals surface area contributed by atoms with Gasteiger partial charge in [0.15, 0.2) is 0 Å². The number of imide groups is 1. The number of methoxy groups -OCH3 is 2. The van der Waals surface area contributed by atoms with Gasteiger partial charge < -0.3 is 18.3 Å². The second kappa shape index (κ2) is 9.27. The molecule has 0 bridgehead atoms. The quantitative estimate of drug-likeness (QED) is 0.204. The van der Waals surface area contributed by atoms with Gasteiger partial charge in [0, 0.05) is 12.1 Å². The minimum atomic E-state index is -0.668. The SMILES string of the molecule is COC(=O)c1ccc(CN2C(=O)S/C(=C/c3ccc(-c4ccc([N+](=O)[O-])cc4OC)o3)C2=O)o1. The summed E-state index contributed by atoms with van der Waals surface area (Å²) in [6.07, 6.45) is 1.42. The summed E-state index contributed by atoms with van der Waals surface area (Å²) in [6, 6.07) is 10.2. The van der Waals surface area contributed by atoms with Crippen LogP contribution in [0.25, 0.3) is 17.4 Å². The molecule has 0 atom stereocenters. The molecule has 174 valence electrons. The van der Waals surface area contributed by atoms with E-state index in [2.05, 4.69) is 4.74 Å². The van der Waals surface area contributed by atoms with Crippen molar-refractivity contribution in [1.29, 1.82) is 0 Å². The summed E-state index contributed by atoms with van der Waals surface area (Å²) in [6.45, 7) is -0.150. The van der Waals surface area contributed by atoms with Crippen LogP contribution in [0.5, 0.6) is 5.75 Å². The number of thioether (sulfide) groups is 1. The van der Waals surface area contributed by atoms with Gasteiger partial charge in [-0.25, -0.2) is 4.79 Å². The fourth-order valence-electron chi connectivity index (χ4n) is 3.17. The van der Waals surface area contributed by atoms with E-state index in [-0.39, 0.29) is 34.4 Å². The molecule has 3 aromatic rings. The largest absolute Gasteiger partial charge is 0.496 e. The summed E-state index contributed by atoms with van der Waals surface area (Å²) in [5.41, 5.74) is 0.358. The van der Waals surface area contributed by atoms with Crippen molar-refractivity contribution in [2.75, 3.05) is 14.2 Å². The zero-order chi connectivity index (χ0) is 24.4. The third kappa shape index (κ3) is 4.43. The van der Waals surface area contributed by atoms with Gasteiger partial charge in [0.25, 0.3) is 16.8 Å². The van der Waals surface area contributed by atoms with Crippen LogP contribution in [0, 0.1) is 10.1 Å². The molecular weight excluding hydrogens is 468 g/mol. The van der Waals surface area contributed by atoms with Crippen molar-refractivity contribution in [3.63, 3.8) is 0 Å². The molecule has 0 spiro atoms. The van der Waals surface area contributed by atoms with Crippen LogP contribution in [-0.4, -0.2) is 41.2 Å². The van der Waals surface area contributed by atoms with E-state index >= 15 is 0 Å². The van der Waals surface area contributed by atoms with Crippen LogP contribution in [0.4, 0.5) is 10.5 Å². The van der Waals surface area contributed by atoms with Crippen molar-refractivity contribution in [3.05, 3.63) is 74.8 Å². The molecule has 4 rings (SSSR count). The van der Waals surface area contributed by atoms with E-state index in [0.717, 1.165) is 16.7 Å². The maximum absolute atomic E-state index is 12.8. The maximum Gasteiger partial charge on any atom is 0.373 e. The predicted molar refractivity (Wildman–Crippen MR) is 119 cm³/mol. The third-order valence-electron chi connectivity index (χ3n) is 4.80. The van der Waals surface area contributed by atoms with Gasteiger partial charge in [-0.3, -0.25) is 24.6 Å². The van der Waals surface area contributed by atoms with E-state index in [9.17, 15) is 24.5 Å². The molecule has 1 aliphatic heterocycles. The van der Waals surface area contributed by atoms with E-state index in [4.69, 9.17) is 13.6 Å². The molecule has 34 heavy (non-hydrogen) atoms. The number of carbonyl (C=O) groups is 3. The fraction of sp³-hybridized carbons (Fsp3) is 0.136. The molecule has 1 fully saturated rings. The Morgan fingerprint density at radius 1 is 1.15 bits per heavy atom. The highest BCUT2D eigenvalue weighted by Crippen LogP contribution is 2.37. The highest BCUT2D eigenvalue weighted by Gasteiger charge is 2.36. The molecule has 12 heteroatoms. The van der Waals surface area contributed by atoms with Crippen molar-refractivity contribution < 1.29 is 37.6 Å². The molecule has 2 amide bonds. The Morgan fingerprint density at radius 2 is 1.94 bits per heavy atom. The predicted octanol–water partition coefficient (Wildman–Crippen LogP) is 4.48. The number of hydrogen-bond donors (Lipinski definition) is 0. The number of nitro groups is 1. The number of nitrogens with zero attached hydrogens (tertiary/aromatic N) is 2. The van der Waals surface area contributed by atoms with Crippen LogP contribution in [-0.2, 0) is 16.1 Å². The van der Waals surface area contributed by atoms with E-state index in [1.165, 1.54) is 50.6 Å². The second-order valence-electron chi connectivity index (χ2n) is 6.87. The smallest absolute Gasteiger partial charge is 0.373 e. The second-order valence-corrected chi connectivity index (χ2v) is 7.86. The average molecular weight is 484 g/mol. The van der Waals surface area contributed by atoms with Crippen LogP contribution < -0.4 is 4.74 Å². The number of esters is 1. The first kappa shape index (κ1) is 22.9. The number of ether oxygens (including phenoxy) is 2. The van der Waals surface area contributed by atoms with Crippen LogP contribution >= 0.6 is 11.8 Å². The van der Waals surface area contributed by atoms with Gasteiger partial charge in [-0.1, -0.05) is 0 Å². The topological polar surface area (TPSA) is 142 Å². The Morgan fingerprint density at radius 3 is 2.65 bits per heavy atom. The lowest BCUT2D eigenvalue weighted by molar-refractivity contribution is -0.384. The molecule has 0 saturated carbocycles. The average Bonchev–Trinajstić information content (AvgIpc) is 3.55.